The number of hydrogen-bond acceptors (Lipinski definition) is 1. The summed E-state index contributed by atoms with van der Waals surface area (Å²) in [5.74, 6) is 1.73. The van der Waals surface area contributed by atoms with E-state index in [9.17, 15) is 0 Å². The van der Waals surface area contributed by atoms with Crippen LogP contribution in [0.1, 0.15) is 0 Å². The van der Waals surface area contributed by atoms with Crippen molar-refractivity contribution in [2.24, 2.45) is 11.8 Å². The maximum Gasteiger partial charge on any atom is 0.0500 e. The molecule has 1 aliphatic heterocycles. The van der Waals surface area contributed by atoms with Crippen LogP contribution < -0.4 is 0 Å². The van der Waals surface area contributed by atoms with Crippen LogP contribution in [0.2, 0.25) is 0 Å². The summed E-state index contributed by atoms with van der Waals surface area (Å²) in [7, 11) is 0. The summed E-state index contributed by atoms with van der Waals surface area (Å²) in [6.07, 6.45) is 2.35. The predicted molar refractivity (Wildman–Crippen MR) is 22.1 cm³/mol. The van der Waals surface area contributed by atoms with E-state index >= 15 is 0 Å². The SMILES string of the molecule is [CH]1[C@@H]2COC[C@H]12. The van der Waals surface area contributed by atoms with Crippen molar-refractivity contribution in [1.82, 2.24) is 0 Å². The van der Waals surface area contributed by atoms with Gasteiger partial charge in [-0.25, -0.2) is 0 Å². The summed E-state index contributed by atoms with van der Waals surface area (Å²) >= 11 is 0. The first-order valence-electron chi connectivity index (χ1n) is 2.39. The first kappa shape index (κ1) is 3.03. The van der Waals surface area contributed by atoms with E-state index in [1.54, 1.807) is 0 Å². The molecular formula is C5H7O. The highest BCUT2D eigenvalue weighted by molar-refractivity contribution is 5.08. The molecule has 0 N–H and O–H groups in total. The largest absolute Gasteiger partial charge is 0.381 e. The molecule has 0 aromatic rings. The third-order valence-electron chi connectivity index (χ3n) is 1.52. The van der Waals surface area contributed by atoms with E-state index in [0.29, 0.717) is 0 Å². The van der Waals surface area contributed by atoms with E-state index in [-0.39, 0.29) is 0 Å². The van der Waals surface area contributed by atoms with E-state index in [4.69, 9.17) is 4.74 Å². The lowest BCUT2D eigenvalue weighted by Crippen LogP contribution is -1.86. The van der Waals surface area contributed by atoms with E-state index in [1.807, 2.05) is 0 Å². The minimum absolute atomic E-state index is 0.866. The van der Waals surface area contributed by atoms with Crippen molar-refractivity contribution < 1.29 is 4.74 Å². The Kier molecular flexibility index (Phi) is 0.396. The fraction of sp³-hybridized carbons (Fsp3) is 0.800. The van der Waals surface area contributed by atoms with Crippen molar-refractivity contribution in [1.29, 1.82) is 0 Å². The highest BCUT2D eigenvalue weighted by Gasteiger charge is 2.42. The van der Waals surface area contributed by atoms with Crippen molar-refractivity contribution in [2.75, 3.05) is 13.2 Å². The van der Waals surface area contributed by atoms with Crippen LogP contribution >= 0.6 is 0 Å². The van der Waals surface area contributed by atoms with Gasteiger partial charge in [-0.15, -0.1) is 0 Å². The Morgan fingerprint density at radius 3 is 2.17 bits per heavy atom. The van der Waals surface area contributed by atoms with Gasteiger partial charge in [0, 0.05) is 0 Å². The molecule has 1 radical (unpaired) electrons. The van der Waals surface area contributed by atoms with Crippen LogP contribution in [0.5, 0.6) is 0 Å². The van der Waals surface area contributed by atoms with Crippen molar-refractivity contribution >= 4 is 0 Å². The molecule has 1 heteroatoms. The molecule has 1 saturated heterocycles. The van der Waals surface area contributed by atoms with Gasteiger partial charge >= 0.3 is 0 Å². The first-order chi connectivity index (χ1) is 2.97. The Morgan fingerprint density at radius 2 is 2.00 bits per heavy atom. The molecular weight excluding hydrogens is 76.1 g/mol. The lowest BCUT2D eigenvalue weighted by atomic mass is 10.4. The van der Waals surface area contributed by atoms with Gasteiger partial charge in [0.25, 0.3) is 0 Å². The fourth-order valence-electron chi connectivity index (χ4n) is 0.952. The summed E-state index contributed by atoms with van der Waals surface area (Å²) in [5, 5.41) is 0. The average Bonchev–Trinajstić information content (AvgIpc) is 2.17. The first-order valence-corrected chi connectivity index (χ1v) is 2.39. The zero-order chi connectivity index (χ0) is 3.98. The number of ether oxygens (including phenoxy) is 1. The van der Waals surface area contributed by atoms with E-state index in [1.165, 1.54) is 0 Å². The fourth-order valence-corrected chi connectivity index (χ4v) is 0.952. The van der Waals surface area contributed by atoms with Crippen LogP contribution in [-0.2, 0) is 4.74 Å². The zero-order valence-corrected chi connectivity index (χ0v) is 3.55. The van der Waals surface area contributed by atoms with Crippen LogP contribution in [-0.4, -0.2) is 13.2 Å². The zero-order valence-electron chi connectivity index (χ0n) is 3.55. The monoisotopic (exact) mass is 83.0 g/mol. The van der Waals surface area contributed by atoms with Crippen LogP contribution in [0.3, 0.4) is 0 Å². The summed E-state index contributed by atoms with van der Waals surface area (Å²) < 4.78 is 5.08. The molecule has 2 aliphatic rings. The Labute approximate surface area is 37.3 Å². The molecule has 1 aliphatic carbocycles. The predicted octanol–water partition coefficient (Wildman–Crippen LogP) is 0.467. The van der Waals surface area contributed by atoms with Gasteiger partial charge in [0.1, 0.15) is 0 Å². The van der Waals surface area contributed by atoms with Crippen LogP contribution in [0, 0.1) is 18.3 Å². The van der Waals surface area contributed by atoms with Gasteiger partial charge in [0.05, 0.1) is 13.2 Å². The molecule has 6 heavy (non-hydrogen) atoms. The molecule has 2 atom stereocenters. The lowest BCUT2D eigenvalue weighted by molar-refractivity contribution is 0.175. The smallest absolute Gasteiger partial charge is 0.0500 e. The number of hydrogen-bond donors (Lipinski definition) is 0. The molecule has 1 nitrogen and oxygen atoms in total. The van der Waals surface area contributed by atoms with Gasteiger partial charge in [-0.2, -0.15) is 0 Å². The highest BCUT2D eigenvalue weighted by atomic mass is 16.5. The van der Waals surface area contributed by atoms with Crippen molar-refractivity contribution in [3.8, 4) is 0 Å². The van der Waals surface area contributed by atoms with Gasteiger partial charge in [0.2, 0.25) is 0 Å². The molecule has 0 amide bonds. The van der Waals surface area contributed by atoms with E-state index < -0.39 is 0 Å². The molecule has 0 bridgehead atoms. The quantitative estimate of drug-likeness (QED) is 0.413. The molecule has 0 aromatic heterocycles. The molecule has 2 fully saturated rings. The van der Waals surface area contributed by atoms with Crippen LogP contribution in [0.15, 0.2) is 0 Å². The lowest BCUT2D eigenvalue weighted by Gasteiger charge is -1.86. The molecule has 1 heterocycles. The summed E-state index contributed by atoms with van der Waals surface area (Å²) in [4.78, 5) is 0. The Hall–Kier alpha value is -0.0400. The second-order valence-electron chi connectivity index (χ2n) is 2.06. The van der Waals surface area contributed by atoms with Gasteiger partial charge in [-0.05, 0) is 18.3 Å². The molecule has 0 unspecified atom stereocenters. The minimum Gasteiger partial charge on any atom is -0.381 e. The highest BCUT2D eigenvalue weighted by Crippen LogP contribution is 2.41. The Balaban J connectivity index is 2.09. The normalized spacial score (nSPS) is 52.0. The molecule has 0 aromatic carbocycles. The van der Waals surface area contributed by atoms with Crippen molar-refractivity contribution in [2.45, 2.75) is 0 Å². The van der Waals surface area contributed by atoms with E-state index in [2.05, 4.69) is 6.42 Å². The second kappa shape index (κ2) is 0.784. The average molecular weight is 83.1 g/mol. The standard InChI is InChI=1S/C5H7O/c1-4-2-6-3-5(1)4/h1,4-5H,2-3H2/t4-,5+. The van der Waals surface area contributed by atoms with Crippen LogP contribution in [0.4, 0.5) is 0 Å². The molecule has 1 saturated carbocycles. The van der Waals surface area contributed by atoms with Gasteiger partial charge in [0.15, 0.2) is 0 Å². The van der Waals surface area contributed by atoms with Crippen molar-refractivity contribution in [3.63, 3.8) is 0 Å². The third kappa shape index (κ3) is 0.243. The maximum absolute atomic E-state index is 5.08. The number of rotatable bonds is 0. The number of fused-ring (bicyclic) bond motifs is 1. The summed E-state index contributed by atoms with van der Waals surface area (Å²) in [5.41, 5.74) is 0. The molecule has 2 rings (SSSR count). The van der Waals surface area contributed by atoms with E-state index in [0.717, 1.165) is 25.0 Å². The second-order valence-corrected chi connectivity index (χ2v) is 2.06. The van der Waals surface area contributed by atoms with Gasteiger partial charge in [-0.3, -0.25) is 0 Å². The van der Waals surface area contributed by atoms with Gasteiger partial charge < -0.3 is 4.74 Å². The molecule has 0 spiro atoms. The summed E-state index contributed by atoms with van der Waals surface area (Å²) in [6.45, 7) is 2.01. The topological polar surface area (TPSA) is 9.23 Å². The Morgan fingerprint density at radius 1 is 1.33 bits per heavy atom. The third-order valence-corrected chi connectivity index (χ3v) is 1.52. The summed E-state index contributed by atoms with van der Waals surface area (Å²) in [6, 6.07) is 0. The Bertz CT molecular complexity index is 62.3. The van der Waals surface area contributed by atoms with Gasteiger partial charge in [-0.1, -0.05) is 0 Å². The minimum atomic E-state index is 0.866. The maximum atomic E-state index is 5.08. The van der Waals surface area contributed by atoms with Crippen molar-refractivity contribution in [3.05, 3.63) is 6.42 Å². The molecule has 33 valence electrons. The van der Waals surface area contributed by atoms with Crippen LogP contribution in [0.25, 0.3) is 0 Å².